The van der Waals surface area contributed by atoms with Gasteiger partial charge in [0, 0.05) is 6.04 Å². The summed E-state index contributed by atoms with van der Waals surface area (Å²) >= 11 is 6.46. The molecule has 1 aliphatic rings. The normalized spacial score (nSPS) is 17.1. The second kappa shape index (κ2) is 5.95. The Morgan fingerprint density at radius 3 is 2.50 bits per heavy atom. The van der Waals surface area contributed by atoms with E-state index in [4.69, 9.17) is 22.1 Å². The third-order valence-corrected chi connectivity index (χ3v) is 3.97. The molecule has 20 heavy (non-hydrogen) atoms. The van der Waals surface area contributed by atoms with Gasteiger partial charge in [-0.25, -0.2) is 0 Å². The Balaban J connectivity index is 2.31. The lowest BCUT2D eigenvalue weighted by molar-refractivity contribution is 0.296. The number of rotatable bonds is 5. The first-order valence-electron chi connectivity index (χ1n) is 7.48. The molecule has 1 fully saturated rings. The fourth-order valence-corrected chi connectivity index (χ4v) is 2.52. The van der Waals surface area contributed by atoms with Gasteiger partial charge in [-0.2, -0.15) is 0 Å². The highest BCUT2D eigenvalue weighted by Gasteiger charge is 2.24. The third kappa shape index (κ3) is 4.13. The Kier molecular flexibility index (Phi) is 4.66. The van der Waals surface area contributed by atoms with Gasteiger partial charge in [0.25, 0.3) is 0 Å². The van der Waals surface area contributed by atoms with Gasteiger partial charge >= 0.3 is 0 Å². The van der Waals surface area contributed by atoms with Crippen molar-refractivity contribution in [2.45, 2.75) is 58.4 Å². The molecule has 1 aromatic rings. The van der Waals surface area contributed by atoms with E-state index in [1.54, 1.807) is 0 Å². The van der Waals surface area contributed by atoms with Crippen LogP contribution in [0.3, 0.4) is 0 Å². The molecule has 1 aliphatic carbocycles. The third-order valence-electron chi connectivity index (χ3n) is 3.69. The quantitative estimate of drug-likeness (QED) is 0.878. The molecular formula is C17H26ClNO. The maximum absolute atomic E-state index is 6.46. The van der Waals surface area contributed by atoms with Crippen molar-refractivity contribution in [3.05, 3.63) is 28.3 Å². The molecule has 112 valence electrons. The van der Waals surface area contributed by atoms with Crippen LogP contribution in [0.15, 0.2) is 12.1 Å². The minimum absolute atomic E-state index is 0.0747. The summed E-state index contributed by atoms with van der Waals surface area (Å²) in [4.78, 5) is 0. The molecular weight excluding hydrogens is 270 g/mol. The SMILES string of the molecule is CC(N)Cc1cc(C(C)(C)C)cc(Cl)c1OCC1CC1. The molecule has 0 spiro atoms. The predicted molar refractivity (Wildman–Crippen MR) is 85.7 cm³/mol. The van der Waals surface area contributed by atoms with Crippen LogP contribution in [-0.2, 0) is 11.8 Å². The zero-order chi connectivity index (χ0) is 14.9. The van der Waals surface area contributed by atoms with E-state index in [-0.39, 0.29) is 11.5 Å². The van der Waals surface area contributed by atoms with Gasteiger partial charge < -0.3 is 10.5 Å². The minimum atomic E-state index is 0.0747. The van der Waals surface area contributed by atoms with Crippen LogP contribution in [-0.4, -0.2) is 12.6 Å². The van der Waals surface area contributed by atoms with E-state index in [9.17, 15) is 0 Å². The molecule has 0 aromatic heterocycles. The fraction of sp³-hybridized carbons (Fsp3) is 0.647. The molecule has 1 atom stereocenters. The van der Waals surface area contributed by atoms with Gasteiger partial charge in [-0.3, -0.25) is 0 Å². The smallest absolute Gasteiger partial charge is 0.141 e. The van der Waals surface area contributed by atoms with Crippen molar-refractivity contribution in [3.8, 4) is 5.75 Å². The molecule has 3 heteroatoms. The van der Waals surface area contributed by atoms with Gasteiger partial charge in [-0.15, -0.1) is 0 Å². The van der Waals surface area contributed by atoms with Gasteiger partial charge in [-0.05, 0) is 54.7 Å². The van der Waals surface area contributed by atoms with Gasteiger partial charge in [0.2, 0.25) is 0 Å². The lowest BCUT2D eigenvalue weighted by Crippen LogP contribution is -2.20. The zero-order valence-electron chi connectivity index (χ0n) is 13.0. The Morgan fingerprint density at radius 1 is 1.35 bits per heavy atom. The molecule has 1 saturated carbocycles. The van der Waals surface area contributed by atoms with Crippen LogP contribution < -0.4 is 10.5 Å². The van der Waals surface area contributed by atoms with Gasteiger partial charge in [0.05, 0.1) is 11.6 Å². The summed E-state index contributed by atoms with van der Waals surface area (Å²) in [5, 5.41) is 0.716. The molecule has 1 unspecified atom stereocenters. The van der Waals surface area contributed by atoms with E-state index in [0.29, 0.717) is 5.02 Å². The van der Waals surface area contributed by atoms with Gasteiger partial charge in [-0.1, -0.05) is 38.4 Å². The molecule has 0 radical (unpaired) electrons. The van der Waals surface area contributed by atoms with Crippen LogP contribution in [0.5, 0.6) is 5.75 Å². The summed E-state index contributed by atoms with van der Waals surface area (Å²) < 4.78 is 5.97. The zero-order valence-corrected chi connectivity index (χ0v) is 13.8. The van der Waals surface area contributed by atoms with Crippen molar-refractivity contribution in [3.63, 3.8) is 0 Å². The van der Waals surface area contributed by atoms with E-state index in [1.807, 2.05) is 13.0 Å². The summed E-state index contributed by atoms with van der Waals surface area (Å²) in [6, 6.07) is 4.34. The summed E-state index contributed by atoms with van der Waals surface area (Å²) in [6.45, 7) is 9.38. The number of hydrogen-bond donors (Lipinski definition) is 1. The Labute approximate surface area is 127 Å². The topological polar surface area (TPSA) is 35.2 Å². The Morgan fingerprint density at radius 2 is 2.00 bits per heavy atom. The van der Waals surface area contributed by atoms with Crippen LogP contribution in [0.4, 0.5) is 0 Å². The summed E-state index contributed by atoms with van der Waals surface area (Å²) in [7, 11) is 0. The van der Waals surface area contributed by atoms with Crippen molar-refractivity contribution < 1.29 is 4.74 Å². The Hall–Kier alpha value is -0.730. The molecule has 1 aromatic carbocycles. The maximum atomic E-state index is 6.46. The van der Waals surface area contributed by atoms with Crippen molar-refractivity contribution in [1.82, 2.24) is 0 Å². The highest BCUT2D eigenvalue weighted by molar-refractivity contribution is 6.32. The molecule has 2 rings (SSSR count). The van der Waals surface area contributed by atoms with Crippen LogP contribution in [0.2, 0.25) is 5.02 Å². The van der Waals surface area contributed by atoms with Crippen molar-refractivity contribution >= 4 is 11.6 Å². The lowest BCUT2D eigenvalue weighted by atomic mass is 9.85. The average molecular weight is 296 g/mol. The molecule has 0 saturated heterocycles. The van der Waals surface area contributed by atoms with E-state index in [0.717, 1.165) is 30.3 Å². The fourth-order valence-electron chi connectivity index (χ4n) is 2.23. The first-order chi connectivity index (χ1) is 9.27. The number of halogens is 1. The molecule has 0 aliphatic heterocycles. The number of nitrogens with two attached hydrogens (primary N) is 1. The molecule has 2 nitrogen and oxygen atoms in total. The van der Waals surface area contributed by atoms with Crippen LogP contribution >= 0.6 is 11.6 Å². The van der Waals surface area contributed by atoms with E-state index >= 15 is 0 Å². The minimum Gasteiger partial charge on any atom is -0.491 e. The monoisotopic (exact) mass is 295 g/mol. The highest BCUT2D eigenvalue weighted by Crippen LogP contribution is 2.37. The standard InChI is InChI=1S/C17H26ClNO/c1-11(19)7-13-8-14(17(2,3)4)9-15(18)16(13)20-10-12-5-6-12/h8-9,11-12H,5-7,10,19H2,1-4H3. The van der Waals surface area contributed by atoms with E-state index < -0.39 is 0 Å². The van der Waals surface area contributed by atoms with Crippen LogP contribution in [0.1, 0.15) is 51.7 Å². The van der Waals surface area contributed by atoms with Crippen molar-refractivity contribution in [1.29, 1.82) is 0 Å². The molecule has 0 amide bonds. The first kappa shape index (κ1) is 15.7. The molecule has 0 heterocycles. The van der Waals surface area contributed by atoms with Crippen molar-refractivity contribution in [2.75, 3.05) is 6.61 Å². The lowest BCUT2D eigenvalue weighted by Gasteiger charge is -2.23. The molecule has 2 N–H and O–H groups in total. The van der Waals surface area contributed by atoms with E-state index in [1.165, 1.54) is 18.4 Å². The number of benzene rings is 1. The number of hydrogen-bond acceptors (Lipinski definition) is 2. The summed E-state index contributed by atoms with van der Waals surface area (Å²) in [5.41, 5.74) is 8.42. The predicted octanol–water partition coefficient (Wildman–Crippen LogP) is 4.32. The van der Waals surface area contributed by atoms with E-state index in [2.05, 4.69) is 26.8 Å². The average Bonchev–Trinajstić information content (AvgIpc) is 3.09. The van der Waals surface area contributed by atoms with Gasteiger partial charge in [0.15, 0.2) is 0 Å². The van der Waals surface area contributed by atoms with Gasteiger partial charge in [0.1, 0.15) is 5.75 Å². The largest absolute Gasteiger partial charge is 0.491 e. The Bertz CT molecular complexity index is 473. The highest BCUT2D eigenvalue weighted by atomic mass is 35.5. The summed E-state index contributed by atoms with van der Waals surface area (Å²) in [6.07, 6.45) is 3.35. The van der Waals surface area contributed by atoms with Crippen LogP contribution in [0, 0.1) is 5.92 Å². The van der Waals surface area contributed by atoms with Crippen LogP contribution in [0.25, 0.3) is 0 Å². The van der Waals surface area contributed by atoms with Crippen molar-refractivity contribution in [2.24, 2.45) is 11.7 Å². The number of ether oxygens (including phenoxy) is 1. The first-order valence-corrected chi connectivity index (χ1v) is 7.86. The maximum Gasteiger partial charge on any atom is 0.141 e. The molecule has 0 bridgehead atoms. The second-order valence-corrected chi connectivity index (χ2v) is 7.54. The second-order valence-electron chi connectivity index (χ2n) is 7.13. The summed E-state index contributed by atoms with van der Waals surface area (Å²) in [5.74, 6) is 1.56.